The minimum absolute atomic E-state index is 0.00677. The number of carbonyl (C=O) groups excluding carboxylic acids is 6. The number of anilines is 1. The van der Waals surface area contributed by atoms with Gasteiger partial charge in [-0.15, -0.1) is 0 Å². The van der Waals surface area contributed by atoms with E-state index in [0.29, 0.717) is 18.4 Å². The number of para-hydroxylation sites is 1. The fourth-order valence-electron chi connectivity index (χ4n) is 7.20. The molecule has 382 valence electrons. The quantitative estimate of drug-likeness (QED) is 0.0138. The van der Waals surface area contributed by atoms with Crippen molar-refractivity contribution in [2.75, 3.05) is 18.4 Å². The second-order valence-electron chi connectivity index (χ2n) is 16.9. The van der Waals surface area contributed by atoms with Gasteiger partial charge in [-0.3, -0.25) is 59.2 Å². The van der Waals surface area contributed by atoms with Crippen LogP contribution in [0.2, 0.25) is 0 Å². The highest BCUT2D eigenvalue weighted by atomic mass is 16.6. The maximum absolute atomic E-state index is 14.4. The number of non-ortho nitro benzene ring substituents is 1. The zero-order chi connectivity index (χ0) is 52.1. The van der Waals surface area contributed by atoms with Crippen molar-refractivity contribution in [3.05, 3.63) is 74.5 Å². The summed E-state index contributed by atoms with van der Waals surface area (Å²) in [7, 11) is 0. The molecule has 3 rings (SSSR count). The molecular formula is C44H64N14O12. The van der Waals surface area contributed by atoms with Crippen molar-refractivity contribution in [1.29, 1.82) is 5.41 Å². The summed E-state index contributed by atoms with van der Waals surface area (Å²) in [5.74, 6) is -6.83. The number of aromatic amines is 1. The first-order chi connectivity index (χ1) is 33.1. The number of H-pyrrole nitrogens is 1. The molecule has 0 unspecified atom stereocenters. The van der Waals surface area contributed by atoms with Gasteiger partial charge in [0, 0.05) is 49.1 Å². The molecule has 26 nitrogen and oxygen atoms in total. The van der Waals surface area contributed by atoms with Crippen LogP contribution >= 0.6 is 0 Å². The van der Waals surface area contributed by atoms with E-state index in [2.05, 4.69) is 42.2 Å². The van der Waals surface area contributed by atoms with Crippen molar-refractivity contribution in [2.24, 2.45) is 23.1 Å². The Bertz CT molecular complexity index is 2360. The van der Waals surface area contributed by atoms with Crippen molar-refractivity contribution in [3.63, 3.8) is 0 Å². The van der Waals surface area contributed by atoms with Gasteiger partial charge in [0.25, 0.3) is 11.4 Å². The third-order valence-corrected chi connectivity index (χ3v) is 11.1. The van der Waals surface area contributed by atoms with Gasteiger partial charge in [0.15, 0.2) is 5.96 Å². The standard InChI is InChI=1S/C44H64N14O12/c1-4-10-31(53-41(64)33(17-18-36(59)60)55-43(66)37(45)24(2)3)39(62)56-34(21-25-23-51-28-12-6-5-11-27(25)28)42(65)54-32(14-9-20-50-44(47)48)40(63)52-30(38(46)61)13-7-8-19-49-29-16-15-26(57(67)68)22-35(29)58(69)70/h5-6,11-12,15-16,22-24,30-34,37,49,51H,4,7-10,13-14,17-21,45H2,1-3H3,(H2,46,61)(H,52,63)(H,53,64)(H,54,65)(H,55,66)(H,56,62)(H,59,60)(H4,47,48,50)/t30-,31-,32-,33-,34-,37-/m0/s1. The van der Waals surface area contributed by atoms with Gasteiger partial charge in [-0.05, 0) is 68.6 Å². The van der Waals surface area contributed by atoms with Crippen molar-refractivity contribution < 1.29 is 48.5 Å². The Morgan fingerprint density at radius 2 is 1.30 bits per heavy atom. The average molecular weight is 981 g/mol. The zero-order valence-electron chi connectivity index (χ0n) is 39.2. The summed E-state index contributed by atoms with van der Waals surface area (Å²) < 4.78 is 0. The third kappa shape index (κ3) is 18.0. The number of guanidine groups is 1. The summed E-state index contributed by atoms with van der Waals surface area (Å²) in [6, 6.07) is 2.64. The van der Waals surface area contributed by atoms with E-state index in [0.717, 1.165) is 23.0 Å². The van der Waals surface area contributed by atoms with E-state index in [1.165, 1.54) is 6.07 Å². The Kier molecular flexibility index (Phi) is 22.4. The molecule has 3 aromatic rings. The van der Waals surface area contributed by atoms with Gasteiger partial charge in [-0.2, -0.15) is 0 Å². The number of nitro benzene ring substituents is 2. The molecule has 0 bridgehead atoms. The molecule has 1 aromatic heterocycles. The van der Waals surface area contributed by atoms with Crippen LogP contribution in [0, 0.1) is 31.6 Å². The van der Waals surface area contributed by atoms with Crippen LogP contribution in [0.1, 0.15) is 84.1 Å². The van der Waals surface area contributed by atoms with Crippen LogP contribution in [0.3, 0.4) is 0 Å². The summed E-state index contributed by atoms with van der Waals surface area (Å²) in [6.07, 6.45) is 1.81. The van der Waals surface area contributed by atoms with E-state index in [1.807, 2.05) is 0 Å². The highest BCUT2D eigenvalue weighted by molar-refractivity contribution is 5.97. The minimum Gasteiger partial charge on any atom is -0.481 e. The van der Waals surface area contributed by atoms with Gasteiger partial charge < -0.3 is 64.5 Å². The molecule has 1 heterocycles. The van der Waals surface area contributed by atoms with Gasteiger partial charge in [0.2, 0.25) is 35.4 Å². The number of benzene rings is 2. The maximum atomic E-state index is 14.4. The number of amides is 6. The van der Waals surface area contributed by atoms with Crippen LogP contribution in [0.5, 0.6) is 0 Å². The molecule has 6 atom stereocenters. The minimum atomic E-state index is -1.40. The number of nitro groups is 2. The van der Waals surface area contributed by atoms with Gasteiger partial charge in [-0.25, -0.2) is 0 Å². The number of hydrogen-bond acceptors (Lipinski definition) is 14. The Hall–Kier alpha value is -7.90. The van der Waals surface area contributed by atoms with Gasteiger partial charge in [0.1, 0.15) is 35.9 Å². The first-order valence-electron chi connectivity index (χ1n) is 22.7. The number of primary amides is 1. The van der Waals surface area contributed by atoms with E-state index in [-0.39, 0.29) is 75.6 Å². The van der Waals surface area contributed by atoms with Crippen molar-refractivity contribution in [2.45, 2.75) is 121 Å². The molecule has 0 saturated heterocycles. The molecule has 0 aliphatic rings. The van der Waals surface area contributed by atoms with E-state index < -0.39 is 105 Å². The molecule has 0 saturated carbocycles. The fraction of sp³-hybridized carbons (Fsp3) is 0.500. The molecule has 6 amide bonds. The van der Waals surface area contributed by atoms with Crippen LogP contribution < -0.4 is 54.4 Å². The topological polar surface area (TPSA) is 428 Å². The number of rotatable bonds is 31. The molecule has 0 radical (unpaired) electrons. The van der Waals surface area contributed by atoms with Crippen LogP contribution in [-0.2, 0) is 40.0 Å². The van der Waals surface area contributed by atoms with Crippen molar-refractivity contribution in [1.82, 2.24) is 36.9 Å². The van der Waals surface area contributed by atoms with Crippen molar-refractivity contribution >= 4 is 75.3 Å². The number of fused-ring (bicyclic) bond motifs is 1. The summed E-state index contributed by atoms with van der Waals surface area (Å²) in [5.41, 5.74) is 17.5. The third-order valence-electron chi connectivity index (χ3n) is 11.1. The number of aromatic nitrogens is 1. The van der Waals surface area contributed by atoms with Gasteiger partial charge in [-0.1, -0.05) is 45.4 Å². The number of nitrogens with one attached hydrogen (secondary N) is 9. The number of carboxylic acid groups (broad SMARTS) is 1. The van der Waals surface area contributed by atoms with Crippen molar-refractivity contribution in [3.8, 4) is 0 Å². The SMILES string of the molecule is CCC[C@H](NC(=O)[C@H](CCC(=O)O)NC(=O)[C@@H](N)C(C)C)C(=O)N[C@@H](Cc1c[nH]c2ccccc12)C(=O)N[C@@H](CCCNC(=N)N)C(=O)N[C@@H](CCCCNc1ccc([N+](=O)[O-])cc1[N+](=O)[O-])C(N)=O. The smallest absolute Gasteiger partial charge is 0.303 e. The lowest BCUT2D eigenvalue weighted by Gasteiger charge is -2.27. The molecule has 16 N–H and O–H groups in total. The zero-order valence-corrected chi connectivity index (χ0v) is 39.2. The largest absolute Gasteiger partial charge is 0.481 e. The van der Waals surface area contributed by atoms with Crippen LogP contribution in [0.25, 0.3) is 10.9 Å². The molecule has 2 aromatic carbocycles. The monoisotopic (exact) mass is 980 g/mol. The Labute approximate surface area is 402 Å². The molecule has 0 spiro atoms. The first kappa shape index (κ1) is 56.4. The number of hydrogen-bond donors (Lipinski definition) is 13. The lowest BCUT2D eigenvalue weighted by atomic mass is 10.0. The number of carbonyl (C=O) groups is 7. The van der Waals surface area contributed by atoms with Crippen LogP contribution in [0.4, 0.5) is 17.1 Å². The van der Waals surface area contributed by atoms with Gasteiger partial charge in [0.05, 0.1) is 22.0 Å². The Morgan fingerprint density at radius 1 is 0.729 bits per heavy atom. The summed E-state index contributed by atoms with van der Waals surface area (Å²) >= 11 is 0. The number of unbranched alkanes of at least 4 members (excludes halogenated alkanes) is 1. The van der Waals surface area contributed by atoms with Gasteiger partial charge >= 0.3 is 5.97 Å². The first-order valence-corrected chi connectivity index (χ1v) is 22.7. The van der Waals surface area contributed by atoms with Crippen LogP contribution in [-0.4, -0.2) is 117 Å². The highest BCUT2D eigenvalue weighted by Crippen LogP contribution is 2.29. The summed E-state index contributed by atoms with van der Waals surface area (Å²) in [5, 5.41) is 58.7. The molecule has 0 aliphatic heterocycles. The number of nitrogens with two attached hydrogens (primary N) is 3. The fourth-order valence-corrected chi connectivity index (χ4v) is 7.20. The van der Waals surface area contributed by atoms with Crippen LogP contribution in [0.15, 0.2) is 48.7 Å². The number of aliphatic carboxylic acids is 1. The summed E-state index contributed by atoms with van der Waals surface area (Å²) in [6.45, 7) is 5.37. The molecule has 70 heavy (non-hydrogen) atoms. The predicted octanol–water partition coefficient (Wildman–Crippen LogP) is 0.630. The Balaban J connectivity index is 1.86. The average Bonchev–Trinajstić information content (AvgIpc) is 3.71. The van der Waals surface area contributed by atoms with E-state index in [9.17, 15) is 58.9 Å². The van der Waals surface area contributed by atoms with E-state index in [4.69, 9.17) is 22.6 Å². The highest BCUT2D eigenvalue weighted by Gasteiger charge is 2.33. The number of nitrogens with zero attached hydrogens (tertiary/aromatic N) is 2. The molecule has 0 aliphatic carbocycles. The predicted molar refractivity (Wildman–Crippen MR) is 257 cm³/mol. The maximum Gasteiger partial charge on any atom is 0.303 e. The normalized spacial score (nSPS) is 13.6. The second-order valence-corrected chi connectivity index (χ2v) is 16.9. The number of carboxylic acids is 1. The lowest BCUT2D eigenvalue weighted by Crippen LogP contribution is -2.60. The lowest BCUT2D eigenvalue weighted by molar-refractivity contribution is -0.393. The molecule has 0 fully saturated rings. The van der Waals surface area contributed by atoms with E-state index in [1.54, 1.807) is 51.2 Å². The second kappa shape index (κ2) is 27.8. The summed E-state index contributed by atoms with van der Waals surface area (Å²) in [4.78, 5) is 117. The molecule has 26 heteroatoms. The Morgan fingerprint density at radius 3 is 1.89 bits per heavy atom. The molecular weight excluding hydrogens is 917 g/mol. The van der Waals surface area contributed by atoms with E-state index >= 15 is 0 Å².